The largest absolute Gasteiger partial charge is 0.396 e. The molecule has 5 heteroatoms. The number of aromatic amines is 1. The van der Waals surface area contributed by atoms with Crippen LogP contribution < -0.4 is 5.32 Å². The molecule has 0 spiro atoms. The van der Waals surface area contributed by atoms with Crippen molar-refractivity contribution in [2.45, 2.75) is 25.7 Å². The molecule has 0 atom stereocenters. The van der Waals surface area contributed by atoms with Gasteiger partial charge in [-0.2, -0.15) is 0 Å². The normalized spacial score (nSPS) is 16.7. The lowest BCUT2D eigenvalue weighted by atomic mass is 9.67. The number of carbonyl (C=O) groups is 1. The number of H-pyrrole nitrogens is 1. The molecule has 0 radical (unpaired) electrons. The van der Waals surface area contributed by atoms with Gasteiger partial charge in [-0.25, -0.2) is 4.39 Å². The van der Waals surface area contributed by atoms with Crippen LogP contribution in [0.25, 0.3) is 10.9 Å². The van der Waals surface area contributed by atoms with E-state index in [1.165, 1.54) is 6.07 Å². The highest BCUT2D eigenvalue weighted by Crippen LogP contribution is 2.43. The van der Waals surface area contributed by atoms with E-state index in [1.54, 1.807) is 18.3 Å². The number of hydrogen-bond donors (Lipinski definition) is 3. The van der Waals surface area contributed by atoms with E-state index in [-0.39, 0.29) is 17.9 Å². The van der Waals surface area contributed by atoms with Gasteiger partial charge in [0, 0.05) is 30.3 Å². The zero-order valence-corrected chi connectivity index (χ0v) is 11.8. The lowest BCUT2D eigenvalue weighted by Crippen LogP contribution is -2.42. The third kappa shape index (κ3) is 2.53. The fourth-order valence-corrected chi connectivity index (χ4v) is 3.11. The molecule has 21 heavy (non-hydrogen) atoms. The van der Waals surface area contributed by atoms with Crippen molar-refractivity contribution >= 4 is 16.8 Å². The molecule has 1 aliphatic carbocycles. The summed E-state index contributed by atoms with van der Waals surface area (Å²) >= 11 is 0. The van der Waals surface area contributed by atoms with Crippen molar-refractivity contribution < 1.29 is 14.3 Å². The Bertz CT molecular complexity index is 661. The maximum absolute atomic E-state index is 13.9. The van der Waals surface area contributed by atoms with Gasteiger partial charge in [0.05, 0.1) is 5.56 Å². The monoisotopic (exact) mass is 290 g/mol. The van der Waals surface area contributed by atoms with Crippen LogP contribution in [-0.2, 0) is 0 Å². The summed E-state index contributed by atoms with van der Waals surface area (Å²) in [4.78, 5) is 15.2. The molecular weight excluding hydrogens is 271 g/mol. The summed E-state index contributed by atoms with van der Waals surface area (Å²) in [6.07, 6.45) is 5.43. The van der Waals surface area contributed by atoms with Crippen LogP contribution in [0.5, 0.6) is 0 Å². The summed E-state index contributed by atoms with van der Waals surface area (Å²) < 4.78 is 13.9. The first-order valence-corrected chi connectivity index (χ1v) is 7.30. The minimum atomic E-state index is -0.396. The molecule has 1 amide bonds. The topological polar surface area (TPSA) is 65.1 Å². The van der Waals surface area contributed by atoms with Gasteiger partial charge < -0.3 is 15.4 Å². The number of aliphatic hydroxyl groups excluding tert-OH is 1. The summed E-state index contributed by atoms with van der Waals surface area (Å²) in [7, 11) is 0. The Morgan fingerprint density at radius 1 is 1.43 bits per heavy atom. The van der Waals surface area contributed by atoms with Gasteiger partial charge in [0.1, 0.15) is 5.82 Å². The van der Waals surface area contributed by atoms with Crippen LogP contribution in [0.3, 0.4) is 0 Å². The van der Waals surface area contributed by atoms with E-state index in [4.69, 9.17) is 5.11 Å². The van der Waals surface area contributed by atoms with Gasteiger partial charge in [-0.1, -0.05) is 12.5 Å². The average molecular weight is 290 g/mol. The summed E-state index contributed by atoms with van der Waals surface area (Å²) in [6, 6.07) is 4.71. The van der Waals surface area contributed by atoms with E-state index in [9.17, 15) is 9.18 Å². The number of aromatic nitrogens is 1. The quantitative estimate of drug-likeness (QED) is 0.792. The molecule has 1 saturated carbocycles. The molecule has 1 aliphatic rings. The van der Waals surface area contributed by atoms with Gasteiger partial charge in [-0.05, 0) is 36.8 Å². The van der Waals surface area contributed by atoms with Gasteiger partial charge in [0.25, 0.3) is 5.91 Å². The van der Waals surface area contributed by atoms with Crippen LogP contribution in [0.15, 0.2) is 24.4 Å². The Hall–Kier alpha value is -1.88. The Morgan fingerprint density at radius 3 is 2.90 bits per heavy atom. The van der Waals surface area contributed by atoms with Crippen molar-refractivity contribution in [3.63, 3.8) is 0 Å². The Balaban J connectivity index is 1.75. The number of benzene rings is 1. The van der Waals surface area contributed by atoms with Crippen molar-refractivity contribution in [3.05, 3.63) is 35.8 Å². The molecule has 3 N–H and O–H groups in total. The summed E-state index contributed by atoms with van der Waals surface area (Å²) in [5, 5.41) is 12.4. The highest BCUT2D eigenvalue weighted by atomic mass is 19.1. The lowest BCUT2D eigenvalue weighted by Gasteiger charge is -2.41. The molecule has 112 valence electrons. The van der Waals surface area contributed by atoms with Gasteiger partial charge in [-0.15, -0.1) is 0 Å². The highest BCUT2D eigenvalue weighted by molar-refractivity contribution is 6.06. The van der Waals surface area contributed by atoms with E-state index < -0.39 is 5.82 Å². The molecule has 4 nitrogen and oxygen atoms in total. The summed E-state index contributed by atoms with van der Waals surface area (Å²) in [5.41, 5.74) is 0.977. The first-order valence-electron chi connectivity index (χ1n) is 7.30. The predicted molar refractivity (Wildman–Crippen MR) is 78.6 cm³/mol. The number of fused-ring (bicyclic) bond motifs is 1. The highest BCUT2D eigenvalue weighted by Gasteiger charge is 2.36. The van der Waals surface area contributed by atoms with Crippen molar-refractivity contribution in [3.8, 4) is 0 Å². The van der Waals surface area contributed by atoms with Crippen molar-refractivity contribution in [1.29, 1.82) is 0 Å². The van der Waals surface area contributed by atoms with E-state index >= 15 is 0 Å². The van der Waals surface area contributed by atoms with E-state index in [2.05, 4.69) is 10.3 Å². The molecule has 0 saturated heterocycles. The van der Waals surface area contributed by atoms with Crippen LogP contribution in [0.2, 0.25) is 0 Å². The van der Waals surface area contributed by atoms with Gasteiger partial charge in [0.15, 0.2) is 0 Å². The molecule has 3 rings (SSSR count). The first kappa shape index (κ1) is 14.1. The van der Waals surface area contributed by atoms with Crippen LogP contribution in [-0.4, -0.2) is 29.1 Å². The third-order valence-corrected chi connectivity index (χ3v) is 4.58. The zero-order valence-electron chi connectivity index (χ0n) is 11.8. The molecule has 1 aromatic carbocycles. The smallest absolute Gasteiger partial charge is 0.253 e. The third-order valence-electron chi connectivity index (χ3n) is 4.58. The second-order valence-electron chi connectivity index (χ2n) is 5.87. The van der Waals surface area contributed by atoms with Crippen LogP contribution >= 0.6 is 0 Å². The van der Waals surface area contributed by atoms with Crippen LogP contribution in [0.4, 0.5) is 4.39 Å². The number of hydrogen-bond acceptors (Lipinski definition) is 2. The Kier molecular flexibility index (Phi) is 3.68. The molecule has 0 unspecified atom stereocenters. The SMILES string of the molecule is O=C(NCC1(CCO)CCC1)c1c[nH]c2cccc(F)c12. The standard InChI is InChI=1S/C16H19FN2O2/c17-12-3-1-4-13-14(12)11(9-18-13)15(21)19-10-16(7-8-20)5-2-6-16/h1,3-4,9,18,20H,2,5-8,10H2,(H,19,21). The molecule has 0 bridgehead atoms. The van der Waals surface area contributed by atoms with Gasteiger partial charge in [0.2, 0.25) is 0 Å². The zero-order chi connectivity index (χ0) is 14.9. The maximum atomic E-state index is 13.9. The maximum Gasteiger partial charge on any atom is 0.253 e. The second kappa shape index (κ2) is 5.48. The average Bonchev–Trinajstić information content (AvgIpc) is 2.87. The first-order chi connectivity index (χ1) is 10.2. The fraction of sp³-hybridized carbons (Fsp3) is 0.438. The number of nitrogens with one attached hydrogen (secondary N) is 2. The molecular formula is C16H19FN2O2. The molecule has 1 aromatic heterocycles. The minimum Gasteiger partial charge on any atom is -0.396 e. The predicted octanol–water partition coefficient (Wildman–Crippen LogP) is 2.59. The number of aliphatic hydroxyl groups is 1. The van der Waals surface area contributed by atoms with Gasteiger partial charge >= 0.3 is 0 Å². The Morgan fingerprint density at radius 2 is 2.24 bits per heavy atom. The van der Waals surface area contributed by atoms with E-state index in [0.717, 1.165) is 19.3 Å². The number of carbonyl (C=O) groups excluding carboxylic acids is 1. The van der Waals surface area contributed by atoms with Gasteiger partial charge in [-0.3, -0.25) is 4.79 Å². The number of halogens is 1. The Labute approximate surface area is 122 Å². The van der Waals surface area contributed by atoms with Crippen LogP contribution in [0, 0.1) is 11.2 Å². The molecule has 1 fully saturated rings. The van der Waals surface area contributed by atoms with E-state index in [0.29, 0.717) is 29.4 Å². The second-order valence-corrected chi connectivity index (χ2v) is 5.87. The number of rotatable bonds is 5. The minimum absolute atomic E-state index is 0.0229. The summed E-state index contributed by atoms with van der Waals surface area (Å²) in [5.74, 6) is -0.664. The van der Waals surface area contributed by atoms with Crippen LogP contribution in [0.1, 0.15) is 36.0 Å². The fourth-order valence-electron chi connectivity index (χ4n) is 3.11. The lowest BCUT2D eigenvalue weighted by molar-refractivity contribution is 0.0733. The number of amides is 1. The molecule has 1 heterocycles. The summed E-state index contributed by atoms with van der Waals surface area (Å²) in [6.45, 7) is 0.672. The van der Waals surface area contributed by atoms with Crippen molar-refractivity contribution in [2.75, 3.05) is 13.2 Å². The molecule has 0 aliphatic heterocycles. The van der Waals surface area contributed by atoms with E-state index in [1.807, 2.05) is 0 Å². The molecule has 2 aromatic rings. The van der Waals surface area contributed by atoms with Crippen molar-refractivity contribution in [1.82, 2.24) is 10.3 Å². The van der Waals surface area contributed by atoms with Crippen molar-refractivity contribution in [2.24, 2.45) is 5.41 Å².